The highest BCUT2D eigenvalue weighted by atomic mass is 16.4. The molecule has 0 aliphatic carbocycles. The number of aromatic carboxylic acids is 1. The number of carboxylic acids is 1. The van der Waals surface area contributed by atoms with Gasteiger partial charge in [0.15, 0.2) is 0 Å². The SMILES string of the molecule is Cc1cc(C(=O)O)cc(N(C)CC(C)(C)C)n1. The third-order valence-corrected chi connectivity index (χ3v) is 2.29. The van der Waals surface area contributed by atoms with E-state index < -0.39 is 5.97 Å². The molecule has 4 nitrogen and oxygen atoms in total. The summed E-state index contributed by atoms with van der Waals surface area (Å²) < 4.78 is 0. The summed E-state index contributed by atoms with van der Waals surface area (Å²) in [6.45, 7) is 9.04. The molecule has 1 N–H and O–H groups in total. The molecule has 0 saturated heterocycles. The Bertz CT molecular complexity index is 422. The van der Waals surface area contributed by atoms with Gasteiger partial charge in [-0.2, -0.15) is 0 Å². The van der Waals surface area contributed by atoms with E-state index in [0.29, 0.717) is 5.82 Å². The van der Waals surface area contributed by atoms with Crippen LogP contribution in [0.3, 0.4) is 0 Å². The van der Waals surface area contributed by atoms with Gasteiger partial charge < -0.3 is 10.0 Å². The molecule has 0 saturated carbocycles. The normalized spacial score (nSPS) is 11.4. The van der Waals surface area contributed by atoms with Crippen LogP contribution >= 0.6 is 0 Å². The molecule has 0 atom stereocenters. The zero-order valence-corrected chi connectivity index (χ0v) is 11.1. The summed E-state index contributed by atoms with van der Waals surface area (Å²) in [4.78, 5) is 17.3. The second-order valence-electron chi connectivity index (χ2n) is 5.58. The zero-order valence-electron chi connectivity index (χ0n) is 11.1. The molecule has 1 heterocycles. The lowest BCUT2D eigenvalue weighted by atomic mass is 9.96. The lowest BCUT2D eigenvalue weighted by Gasteiger charge is -2.27. The smallest absolute Gasteiger partial charge is 0.335 e. The lowest BCUT2D eigenvalue weighted by molar-refractivity contribution is 0.0696. The second kappa shape index (κ2) is 4.73. The van der Waals surface area contributed by atoms with Gasteiger partial charge in [0.05, 0.1) is 5.56 Å². The Balaban J connectivity index is 3.01. The van der Waals surface area contributed by atoms with Gasteiger partial charge in [-0.05, 0) is 24.5 Å². The van der Waals surface area contributed by atoms with Gasteiger partial charge in [-0.15, -0.1) is 0 Å². The van der Waals surface area contributed by atoms with Crippen molar-refractivity contribution in [2.45, 2.75) is 27.7 Å². The van der Waals surface area contributed by atoms with Gasteiger partial charge in [0.1, 0.15) is 5.82 Å². The molecule has 1 aromatic heterocycles. The topological polar surface area (TPSA) is 53.4 Å². The average molecular weight is 236 g/mol. The highest BCUT2D eigenvalue weighted by Crippen LogP contribution is 2.20. The number of aryl methyl sites for hydroxylation is 1. The Hall–Kier alpha value is -1.58. The summed E-state index contributed by atoms with van der Waals surface area (Å²) in [5.41, 5.74) is 1.15. The van der Waals surface area contributed by atoms with Crippen LogP contribution in [0.5, 0.6) is 0 Å². The summed E-state index contributed by atoms with van der Waals surface area (Å²) >= 11 is 0. The molecule has 0 radical (unpaired) electrons. The number of carboxylic acid groups (broad SMARTS) is 1. The molecular weight excluding hydrogens is 216 g/mol. The quantitative estimate of drug-likeness (QED) is 0.876. The van der Waals surface area contributed by atoms with E-state index in [-0.39, 0.29) is 11.0 Å². The first-order valence-electron chi connectivity index (χ1n) is 5.62. The Morgan fingerprint density at radius 3 is 2.47 bits per heavy atom. The summed E-state index contributed by atoms with van der Waals surface area (Å²) in [5.74, 6) is -0.210. The fraction of sp³-hybridized carbons (Fsp3) is 0.538. The minimum Gasteiger partial charge on any atom is -0.478 e. The van der Waals surface area contributed by atoms with Gasteiger partial charge in [0.2, 0.25) is 0 Å². The van der Waals surface area contributed by atoms with Crippen molar-refractivity contribution in [3.05, 3.63) is 23.4 Å². The molecule has 17 heavy (non-hydrogen) atoms. The van der Waals surface area contributed by atoms with Crippen LogP contribution in [0.2, 0.25) is 0 Å². The molecule has 4 heteroatoms. The summed E-state index contributed by atoms with van der Waals surface area (Å²) in [5, 5.41) is 9.00. The number of carbonyl (C=O) groups is 1. The van der Waals surface area contributed by atoms with Crippen LogP contribution in [0, 0.1) is 12.3 Å². The van der Waals surface area contributed by atoms with Gasteiger partial charge >= 0.3 is 5.97 Å². The van der Waals surface area contributed by atoms with E-state index in [1.165, 1.54) is 0 Å². The van der Waals surface area contributed by atoms with Gasteiger partial charge in [-0.3, -0.25) is 0 Å². The van der Waals surface area contributed by atoms with Crippen LogP contribution in [0.1, 0.15) is 36.8 Å². The van der Waals surface area contributed by atoms with E-state index in [2.05, 4.69) is 25.8 Å². The summed E-state index contributed by atoms with van der Waals surface area (Å²) in [6, 6.07) is 3.19. The number of anilines is 1. The van der Waals surface area contributed by atoms with E-state index in [0.717, 1.165) is 12.2 Å². The molecule has 0 unspecified atom stereocenters. The van der Waals surface area contributed by atoms with Gasteiger partial charge in [-0.25, -0.2) is 9.78 Å². The maximum absolute atomic E-state index is 11.0. The van der Waals surface area contributed by atoms with Crippen molar-refractivity contribution in [2.75, 3.05) is 18.5 Å². The van der Waals surface area contributed by atoms with Crippen molar-refractivity contribution in [1.29, 1.82) is 0 Å². The fourth-order valence-corrected chi connectivity index (χ4v) is 1.76. The number of rotatable bonds is 3. The monoisotopic (exact) mass is 236 g/mol. The molecule has 0 spiro atoms. The van der Waals surface area contributed by atoms with Crippen molar-refractivity contribution in [3.63, 3.8) is 0 Å². The minimum absolute atomic E-state index is 0.142. The maximum atomic E-state index is 11.0. The Labute approximate surface area is 102 Å². The highest BCUT2D eigenvalue weighted by Gasteiger charge is 2.16. The van der Waals surface area contributed by atoms with Crippen molar-refractivity contribution in [2.24, 2.45) is 5.41 Å². The standard InChI is InChI=1S/C13H20N2O2/c1-9-6-10(12(16)17)7-11(14-9)15(5)8-13(2,3)4/h6-7H,8H2,1-5H3,(H,16,17). The number of hydrogen-bond acceptors (Lipinski definition) is 3. The lowest BCUT2D eigenvalue weighted by Crippen LogP contribution is -2.30. The van der Waals surface area contributed by atoms with Crippen LogP contribution in [0.25, 0.3) is 0 Å². The molecule has 0 aliphatic rings. The third-order valence-electron chi connectivity index (χ3n) is 2.29. The van der Waals surface area contributed by atoms with E-state index in [9.17, 15) is 4.79 Å². The van der Waals surface area contributed by atoms with Crippen molar-refractivity contribution >= 4 is 11.8 Å². The predicted molar refractivity (Wildman–Crippen MR) is 68.7 cm³/mol. The van der Waals surface area contributed by atoms with Crippen molar-refractivity contribution in [1.82, 2.24) is 4.98 Å². The van der Waals surface area contributed by atoms with E-state index in [4.69, 9.17) is 5.11 Å². The minimum atomic E-state index is -0.916. The number of hydrogen-bond donors (Lipinski definition) is 1. The second-order valence-corrected chi connectivity index (χ2v) is 5.58. The molecule has 0 aromatic carbocycles. The average Bonchev–Trinajstić information content (AvgIpc) is 2.13. The van der Waals surface area contributed by atoms with Crippen LogP contribution < -0.4 is 4.90 Å². The van der Waals surface area contributed by atoms with Gasteiger partial charge in [0.25, 0.3) is 0 Å². The first-order valence-corrected chi connectivity index (χ1v) is 5.62. The van der Waals surface area contributed by atoms with Gasteiger partial charge in [-0.1, -0.05) is 20.8 Å². The molecular formula is C13H20N2O2. The Morgan fingerprint density at radius 2 is 2.00 bits per heavy atom. The number of pyridine rings is 1. The largest absolute Gasteiger partial charge is 0.478 e. The molecule has 0 aliphatic heterocycles. The van der Waals surface area contributed by atoms with Crippen LogP contribution in [-0.2, 0) is 0 Å². The Kier molecular flexibility index (Phi) is 3.76. The fourth-order valence-electron chi connectivity index (χ4n) is 1.76. The zero-order chi connectivity index (χ0) is 13.2. The molecule has 1 rings (SSSR count). The summed E-state index contributed by atoms with van der Waals surface area (Å²) in [7, 11) is 1.93. The molecule has 0 amide bonds. The van der Waals surface area contributed by atoms with E-state index >= 15 is 0 Å². The highest BCUT2D eigenvalue weighted by molar-refractivity contribution is 5.88. The first kappa shape index (κ1) is 13.5. The number of aromatic nitrogens is 1. The van der Waals surface area contributed by atoms with Gasteiger partial charge in [0, 0.05) is 19.3 Å². The molecule has 1 aromatic rings. The van der Waals surface area contributed by atoms with Crippen molar-refractivity contribution < 1.29 is 9.90 Å². The number of nitrogens with zero attached hydrogens (tertiary/aromatic N) is 2. The molecule has 0 bridgehead atoms. The maximum Gasteiger partial charge on any atom is 0.335 e. The Morgan fingerprint density at radius 1 is 1.41 bits per heavy atom. The van der Waals surface area contributed by atoms with Crippen LogP contribution in [0.15, 0.2) is 12.1 Å². The molecule has 94 valence electrons. The van der Waals surface area contributed by atoms with E-state index in [1.54, 1.807) is 19.1 Å². The van der Waals surface area contributed by atoms with Crippen LogP contribution in [0.4, 0.5) is 5.82 Å². The summed E-state index contributed by atoms with van der Waals surface area (Å²) in [6.07, 6.45) is 0. The predicted octanol–water partition coefficient (Wildman–Crippen LogP) is 2.57. The van der Waals surface area contributed by atoms with Crippen LogP contribution in [-0.4, -0.2) is 29.7 Å². The third kappa shape index (κ3) is 4.06. The first-order chi connectivity index (χ1) is 7.69. The van der Waals surface area contributed by atoms with Crippen molar-refractivity contribution in [3.8, 4) is 0 Å². The molecule has 0 fully saturated rings. The van der Waals surface area contributed by atoms with E-state index in [1.807, 2.05) is 11.9 Å².